The first-order chi connectivity index (χ1) is 13.3. The molecule has 2 heterocycles. The molecule has 0 aliphatic rings. The van der Waals surface area contributed by atoms with Crippen molar-refractivity contribution in [1.82, 2.24) is 15.5 Å². The summed E-state index contributed by atoms with van der Waals surface area (Å²) >= 11 is 7.81. The zero-order chi connectivity index (χ0) is 20.3. The van der Waals surface area contributed by atoms with Crippen molar-refractivity contribution >= 4 is 28.8 Å². The lowest BCUT2D eigenvalue weighted by Gasteiger charge is -2.08. The number of amides is 1. The fourth-order valence-corrected chi connectivity index (χ4v) is 3.69. The molecule has 28 heavy (non-hydrogen) atoms. The highest BCUT2D eigenvalue weighted by Crippen LogP contribution is 2.26. The number of rotatable bonds is 7. The predicted octanol–water partition coefficient (Wildman–Crippen LogP) is 4.57. The van der Waals surface area contributed by atoms with E-state index in [1.54, 1.807) is 17.4 Å². The normalized spacial score (nSPS) is 10.9. The van der Waals surface area contributed by atoms with Crippen molar-refractivity contribution in [3.63, 3.8) is 0 Å². The van der Waals surface area contributed by atoms with Gasteiger partial charge in [0.2, 0.25) is 0 Å². The molecule has 0 spiro atoms. The van der Waals surface area contributed by atoms with Crippen LogP contribution in [0.5, 0.6) is 5.75 Å². The van der Waals surface area contributed by atoms with Gasteiger partial charge in [0, 0.05) is 28.9 Å². The Bertz CT molecular complexity index is 954. The van der Waals surface area contributed by atoms with Crippen LogP contribution in [-0.2, 0) is 13.0 Å². The molecule has 0 aliphatic heterocycles. The van der Waals surface area contributed by atoms with Gasteiger partial charge in [-0.25, -0.2) is 4.98 Å². The van der Waals surface area contributed by atoms with Crippen LogP contribution in [0.25, 0.3) is 0 Å². The summed E-state index contributed by atoms with van der Waals surface area (Å²) in [6, 6.07) is 5.31. The molecule has 8 heteroatoms. The summed E-state index contributed by atoms with van der Waals surface area (Å²) in [5.41, 5.74) is 3.16. The monoisotopic (exact) mass is 419 g/mol. The van der Waals surface area contributed by atoms with Crippen molar-refractivity contribution in [2.75, 3.05) is 6.54 Å². The van der Waals surface area contributed by atoms with Crippen LogP contribution >= 0.6 is 22.9 Å². The van der Waals surface area contributed by atoms with Crippen molar-refractivity contribution < 1.29 is 14.1 Å². The first-order valence-corrected chi connectivity index (χ1v) is 10.1. The number of aromatic nitrogens is 2. The number of aryl methyl sites for hydroxylation is 4. The SMILES string of the molecule is Cc1cc(OCc2cc(C(=O)NCCc3nc(C)c(C)s3)no2)cc(C)c1Cl. The van der Waals surface area contributed by atoms with Gasteiger partial charge in [0.1, 0.15) is 12.4 Å². The molecule has 0 fully saturated rings. The maximum atomic E-state index is 12.2. The van der Waals surface area contributed by atoms with Crippen LogP contribution in [0.3, 0.4) is 0 Å². The van der Waals surface area contributed by atoms with Gasteiger partial charge >= 0.3 is 0 Å². The Morgan fingerprint density at radius 2 is 1.93 bits per heavy atom. The van der Waals surface area contributed by atoms with Gasteiger partial charge in [0.15, 0.2) is 11.5 Å². The zero-order valence-corrected chi connectivity index (χ0v) is 17.8. The summed E-state index contributed by atoms with van der Waals surface area (Å²) in [6.07, 6.45) is 0.689. The lowest BCUT2D eigenvalue weighted by atomic mass is 10.1. The Kier molecular flexibility index (Phi) is 6.36. The summed E-state index contributed by atoms with van der Waals surface area (Å²) < 4.78 is 10.9. The fraction of sp³-hybridized carbons (Fsp3) is 0.350. The molecule has 0 saturated carbocycles. The molecule has 6 nitrogen and oxygen atoms in total. The second-order valence-electron chi connectivity index (χ2n) is 6.59. The second kappa shape index (κ2) is 8.75. The summed E-state index contributed by atoms with van der Waals surface area (Å²) in [6.45, 7) is 8.55. The van der Waals surface area contributed by atoms with Crippen molar-refractivity contribution in [1.29, 1.82) is 0 Å². The largest absolute Gasteiger partial charge is 0.486 e. The first kappa shape index (κ1) is 20.4. The number of benzene rings is 1. The van der Waals surface area contributed by atoms with Gasteiger partial charge in [-0.2, -0.15) is 0 Å². The molecule has 3 rings (SSSR count). The van der Waals surface area contributed by atoms with Gasteiger partial charge in [-0.1, -0.05) is 16.8 Å². The number of hydrogen-bond acceptors (Lipinski definition) is 6. The van der Waals surface area contributed by atoms with E-state index in [1.807, 2.05) is 39.8 Å². The minimum Gasteiger partial charge on any atom is -0.486 e. The minimum atomic E-state index is -0.279. The Hall–Kier alpha value is -2.38. The third-order valence-electron chi connectivity index (χ3n) is 4.28. The zero-order valence-electron chi connectivity index (χ0n) is 16.3. The van der Waals surface area contributed by atoms with Crippen LogP contribution in [0.4, 0.5) is 0 Å². The molecule has 0 radical (unpaired) electrons. The number of halogens is 1. The van der Waals surface area contributed by atoms with Crippen molar-refractivity contribution in [2.24, 2.45) is 0 Å². The average molecular weight is 420 g/mol. The predicted molar refractivity (Wildman–Crippen MR) is 109 cm³/mol. The van der Waals surface area contributed by atoms with Gasteiger partial charge in [0.25, 0.3) is 5.91 Å². The molecular formula is C20H22ClN3O3S. The van der Waals surface area contributed by atoms with E-state index < -0.39 is 0 Å². The van der Waals surface area contributed by atoms with E-state index in [9.17, 15) is 4.79 Å². The van der Waals surface area contributed by atoms with E-state index in [1.165, 1.54) is 4.88 Å². The fourth-order valence-electron chi connectivity index (χ4n) is 2.65. The number of carbonyl (C=O) groups is 1. The maximum absolute atomic E-state index is 12.2. The van der Waals surface area contributed by atoms with Crippen LogP contribution in [0.1, 0.15) is 43.0 Å². The number of hydrogen-bond donors (Lipinski definition) is 1. The first-order valence-electron chi connectivity index (χ1n) is 8.89. The maximum Gasteiger partial charge on any atom is 0.273 e. The molecule has 1 N–H and O–H groups in total. The summed E-state index contributed by atoms with van der Waals surface area (Å²) in [7, 11) is 0. The number of thiazole rings is 1. The highest BCUT2D eigenvalue weighted by atomic mass is 35.5. The van der Waals surface area contributed by atoms with Crippen molar-refractivity contribution in [3.8, 4) is 5.75 Å². The van der Waals surface area contributed by atoms with Crippen LogP contribution in [0, 0.1) is 27.7 Å². The standard InChI is InChI=1S/C20H22ClN3O3S/c1-11-7-15(8-12(2)19(11)21)26-10-16-9-17(24-27-16)20(25)22-6-5-18-23-13(3)14(4)28-18/h7-9H,5-6,10H2,1-4H3,(H,22,25). The highest BCUT2D eigenvalue weighted by molar-refractivity contribution is 7.11. The molecule has 1 aromatic carbocycles. The van der Waals surface area contributed by atoms with Gasteiger partial charge in [-0.15, -0.1) is 11.3 Å². The summed E-state index contributed by atoms with van der Waals surface area (Å²) in [5.74, 6) is 0.885. The molecule has 3 aromatic rings. The molecular weight excluding hydrogens is 398 g/mol. The summed E-state index contributed by atoms with van der Waals surface area (Å²) in [4.78, 5) is 17.9. The molecule has 0 unspecified atom stereocenters. The quantitative estimate of drug-likeness (QED) is 0.607. The number of ether oxygens (including phenoxy) is 1. The van der Waals surface area contributed by atoms with Gasteiger partial charge in [-0.3, -0.25) is 4.79 Å². The third kappa shape index (κ3) is 4.91. The van der Waals surface area contributed by atoms with E-state index in [4.69, 9.17) is 20.9 Å². The molecule has 0 atom stereocenters. The Balaban J connectivity index is 1.51. The Morgan fingerprint density at radius 1 is 1.21 bits per heavy atom. The smallest absolute Gasteiger partial charge is 0.273 e. The van der Waals surface area contributed by atoms with Crippen LogP contribution in [0.2, 0.25) is 5.02 Å². The molecule has 0 bridgehead atoms. The molecule has 1 amide bonds. The molecule has 0 saturated heterocycles. The van der Waals surface area contributed by atoms with E-state index in [0.29, 0.717) is 24.5 Å². The van der Waals surface area contributed by atoms with Gasteiger partial charge in [-0.05, 0) is 51.0 Å². The minimum absolute atomic E-state index is 0.179. The van der Waals surface area contributed by atoms with Crippen LogP contribution < -0.4 is 10.1 Å². The number of nitrogens with zero attached hydrogens (tertiary/aromatic N) is 2. The van der Waals surface area contributed by atoms with E-state index >= 15 is 0 Å². The second-order valence-corrected chi connectivity index (χ2v) is 8.26. The average Bonchev–Trinajstić information content (AvgIpc) is 3.24. The number of carbonyl (C=O) groups excluding carboxylic acids is 1. The Labute approximate surface area is 172 Å². The van der Waals surface area contributed by atoms with Crippen molar-refractivity contribution in [3.05, 3.63) is 61.4 Å². The van der Waals surface area contributed by atoms with E-state index in [2.05, 4.69) is 15.5 Å². The molecule has 2 aromatic heterocycles. The van der Waals surface area contributed by atoms with E-state index in [0.717, 1.165) is 26.9 Å². The van der Waals surface area contributed by atoms with Crippen molar-refractivity contribution in [2.45, 2.75) is 40.7 Å². The van der Waals surface area contributed by atoms with E-state index in [-0.39, 0.29) is 18.2 Å². The third-order valence-corrected chi connectivity index (χ3v) is 6.01. The number of nitrogens with one attached hydrogen (secondary N) is 1. The van der Waals surface area contributed by atoms with Gasteiger partial charge < -0.3 is 14.6 Å². The van der Waals surface area contributed by atoms with Crippen LogP contribution in [0.15, 0.2) is 22.7 Å². The topological polar surface area (TPSA) is 77.2 Å². The lowest BCUT2D eigenvalue weighted by molar-refractivity contribution is 0.0944. The lowest BCUT2D eigenvalue weighted by Crippen LogP contribution is -2.25. The molecule has 0 aliphatic carbocycles. The Morgan fingerprint density at radius 3 is 2.57 bits per heavy atom. The highest BCUT2D eigenvalue weighted by Gasteiger charge is 2.13. The van der Waals surface area contributed by atoms with Crippen LogP contribution in [-0.4, -0.2) is 22.6 Å². The molecule has 148 valence electrons. The summed E-state index contributed by atoms with van der Waals surface area (Å²) in [5, 5.41) is 8.40. The van der Waals surface area contributed by atoms with Gasteiger partial charge in [0.05, 0.1) is 10.7 Å².